The van der Waals surface area contributed by atoms with Gasteiger partial charge >= 0.3 is 5.97 Å². The fraction of sp³-hybridized carbons (Fsp3) is 0.296. The topological polar surface area (TPSA) is 69.6 Å². The fourth-order valence-electron chi connectivity index (χ4n) is 3.76. The highest BCUT2D eigenvalue weighted by Crippen LogP contribution is 2.25. The quantitative estimate of drug-likeness (QED) is 0.342. The van der Waals surface area contributed by atoms with Gasteiger partial charge in [0.15, 0.2) is 0 Å². The average molecular weight is 452 g/mol. The van der Waals surface area contributed by atoms with E-state index in [1.54, 1.807) is 18.2 Å². The molecule has 3 rings (SSSR count). The molecule has 1 atom stereocenters. The van der Waals surface area contributed by atoms with Crippen molar-refractivity contribution in [2.24, 2.45) is 5.92 Å². The lowest BCUT2D eigenvalue weighted by Gasteiger charge is -2.13. The maximum Gasteiger partial charge on any atom is 0.335 e. The predicted molar refractivity (Wildman–Crippen MR) is 130 cm³/mol. The third kappa shape index (κ3) is 6.67. The fourth-order valence-corrected chi connectivity index (χ4v) is 3.96. The number of rotatable bonds is 10. The van der Waals surface area contributed by atoms with Crippen molar-refractivity contribution in [1.82, 2.24) is 5.32 Å². The van der Waals surface area contributed by atoms with E-state index in [-0.39, 0.29) is 0 Å². The van der Waals surface area contributed by atoms with E-state index in [9.17, 15) is 15.0 Å². The number of halogens is 1. The van der Waals surface area contributed by atoms with Crippen molar-refractivity contribution < 1.29 is 15.0 Å². The van der Waals surface area contributed by atoms with Crippen molar-refractivity contribution in [3.63, 3.8) is 0 Å². The summed E-state index contributed by atoms with van der Waals surface area (Å²) in [5, 5.41) is 23.7. The van der Waals surface area contributed by atoms with E-state index in [4.69, 9.17) is 11.6 Å². The van der Waals surface area contributed by atoms with Crippen LogP contribution in [-0.2, 0) is 12.8 Å². The van der Waals surface area contributed by atoms with Crippen molar-refractivity contribution in [3.05, 3.63) is 94.0 Å². The predicted octanol–water partition coefficient (Wildman–Crippen LogP) is 5.77. The Hall–Kier alpha value is -2.66. The average Bonchev–Trinajstić information content (AvgIpc) is 2.76. The molecule has 0 unspecified atom stereocenters. The summed E-state index contributed by atoms with van der Waals surface area (Å²) in [5.74, 6) is -0.494. The number of aliphatic hydroxyl groups excluding tert-OH is 1. The van der Waals surface area contributed by atoms with Gasteiger partial charge in [-0.2, -0.15) is 0 Å². The molecule has 0 saturated heterocycles. The number of hydrogen-bond acceptors (Lipinski definition) is 3. The van der Waals surface area contributed by atoms with Crippen molar-refractivity contribution in [3.8, 4) is 11.1 Å². The van der Waals surface area contributed by atoms with Crippen molar-refractivity contribution in [2.45, 2.75) is 32.8 Å². The lowest BCUT2D eigenvalue weighted by atomic mass is 9.93. The van der Waals surface area contributed by atoms with Gasteiger partial charge in [-0.25, -0.2) is 4.79 Å². The molecule has 4 nitrogen and oxygen atoms in total. The number of aromatic carboxylic acids is 1. The van der Waals surface area contributed by atoms with Crippen LogP contribution in [0.4, 0.5) is 0 Å². The molecule has 0 aliphatic carbocycles. The Balaban J connectivity index is 1.57. The molecule has 3 aromatic rings. The zero-order valence-electron chi connectivity index (χ0n) is 18.5. The SMILES string of the molecule is CC(C)Cc1cc(-c2ccc(CCNC[C@H](O)c3cccc(Cl)c3)cc2)ccc1C(=O)O. The summed E-state index contributed by atoms with van der Waals surface area (Å²) in [7, 11) is 0. The highest BCUT2D eigenvalue weighted by Gasteiger charge is 2.13. The molecule has 0 aliphatic heterocycles. The first kappa shape index (κ1) is 24.0. The van der Waals surface area contributed by atoms with Gasteiger partial charge in [-0.15, -0.1) is 0 Å². The summed E-state index contributed by atoms with van der Waals surface area (Å²) in [6, 6.07) is 21.2. The Morgan fingerprint density at radius 1 is 1.00 bits per heavy atom. The largest absolute Gasteiger partial charge is 0.478 e. The van der Waals surface area contributed by atoms with Crippen LogP contribution in [0, 0.1) is 5.92 Å². The van der Waals surface area contributed by atoms with Crippen LogP contribution in [0.1, 0.15) is 47.0 Å². The molecule has 0 bridgehead atoms. The van der Waals surface area contributed by atoms with Crippen molar-refractivity contribution >= 4 is 17.6 Å². The van der Waals surface area contributed by atoms with Gasteiger partial charge in [0.1, 0.15) is 0 Å². The Labute approximate surface area is 194 Å². The van der Waals surface area contributed by atoms with Crippen LogP contribution >= 0.6 is 11.6 Å². The van der Waals surface area contributed by atoms with Gasteiger partial charge in [-0.3, -0.25) is 0 Å². The summed E-state index contributed by atoms with van der Waals surface area (Å²) < 4.78 is 0. The molecule has 168 valence electrons. The molecule has 0 amide bonds. The molecule has 0 heterocycles. The summed E-state index contributed by atoms with van der Waals surface area (Å²) >= 11 is 5.98. The van der Waals surface area contributed by atoms with Crippen molar-refractivity contribution in [2.75, 3.05) is 13.1 Å². The van der Waals surface area contributed by atoms with Gasteiger partial charge in [-0.1, -0.05) is 74.0 Å². The molecule has 0 aliphatic rings. The molecule has 0 spiro atoms. The first-order valence-electron chi connectivity index (χ1n) is 10.9. The molecule has 0 aromatic heterocycles. The standard InChI is InChI=1S/C27H30ClNO3/c1-18(2)14-23-15-21(10-11-25(23)27(31)32)20-8-6-19(7-9-20)12-13-29-17-26(30)22-4-3-5-24(28)16-22/h3-11,15-16,18,26,29-30H,12-14,17H2,1-2H3,(H,31,32)/t26-/m0/s1. The lowest BCUT2D eigenvalue weighted by Crippen LogP contribution is -2.23. The molecule has 0 radical (unpaired) electrons. The van der Waals surface area contributed by atoms with Gasteiger partial charge in [0.05, 0.1) is 11.7 Å². The monoisotopic (exact) mass is 451 g/mol. The number of aliphatic hydroxyl groups is 1. The van der Waals surface area contributed by atoms with Crippen LogP contribution in [0.5, 0.6) is 0 Å². The minimum atomic E-state index is -0.879. The van der Waals surface area contributed by atoms with Crippen LogP contribution in [0.25, 0.3) is 11.1 Å². The zero-order chi connectivity index (χ0) is 23.1. The van der Waals surface area contributed by atoms with Crippen LogP contribution in [0.2, 0.25) is 5.02 Å². The molecule has 32 heavy (non-hydrogen) atoms. The Morgan fingerprint density at radius 2 is 1.72 bits per heavy atom. The van der Waals surface area contributed by atoms with Gasteiger partial charge in [0.25, 0.3) is 0 Å². The normalized spacial score (nSPS) is 12.2. The number of benzene rings is 3. The third-order valence-corrected chi connectivity index (χ3v) is 5.65. The highest BCUT2D eigenvalue weighted by molar-refractivity contribution is 6.30. The van der Waals surface area contributed by atoms with E-state index in [0.717, 1.165) is 41.6 Å². The van der Waals surface area contributed by atoms with Gasteiger partial charge in [0, 0.05) is 11.6 Å². The third-order valence-electron chi connectivity index (χ3n) is 5.41. The van der Waals surface area contributed by atoms with Crippen LogP contribution < -0.4 is 5.32 Å². The Kier molecular flexibility index (Phi) is 8.46. The van der Waals surface area contributed by atoms with E-state index in [2.05, 4.69) is 43.4 Å². The van der Waals surface area contributed by atoms with Gasteiger partial charge < -0.3 is 15.5 Å². The molecule has 0 fully saturated rings. The lowest BCUT2D eigenvalue weighted by molar-refractivity contribution is 0.0695. The maximum atomic E-state index is 11.5. The first-order valence-corrected chi connectivity index (χ1v) is 11.3. The smallest absolute Gasteiger partial charge is 0.335 e. The minimum absolute atomic E-state index is 0.380. The zero-order valence-corrected chi connectivity index (χ0v) is 19.3. The van der Waals surface area contributed by atoms with E-state index in [0.29, 0.717) is 23.0 Å². The van der Waals surface area contributed by atoms with Crippen molar-refractivity contribution in [1.29, 1.82) is 0 Å². The summed E-state index contributed by atoms with van der Waals surface area (Å²) in [5.41, 5.74) is 5.35. The second-order valence-corrected chi connectivity index (χ2v) is 8.93. The van der Waals surface area contributed by atoms with Crippen LogP contribution in [0.15, 0.2) is 66.7 Å². The summed E-state index contributed by atoms with van der Waals surface area (Å²) in [6.45, 7) is 5.40. The molecule has 0 saturated carbocycles. The minimum Gasteiger partial charge on any atom is -0.478 e. The number of carboxylic acids is 1. The van der Waals surface area contributed by atoms with Crippen LogP contribution in [-0.4, -0.2) is 29.3 Å². The first-order chi connectivity index (χ1) is 15.3. The Morgan fingerprint density at radius 3 is 2.38 bits per heavy atom. The van der Waals surface area contributed by atoms with E-state index >= 15 is 0 Å². The number of carboxylic acid groups (broad SMARTS) is 1. The summed E-state index contributed by atoms with van der Waals surface area (Å²) in [4.78, 5) is 11.5. The second kappa shape index (κ2) is 11.3. The second-order valence-electron chi connectivity index (χ2n) is 8.50. The van der Waals surface area contributed by atoms with Crippen LogP contribution in [0.3, 0.4) is 0 Å². The Bertz CT molecular complexity index is 1050. The highest BCUT2D eigenvalue weighted by atomic mass is 35.5. The molecular formula is C27H30ClNO3. The number of nitrogens with one attached hydrogen (secondary N) is 1. The molecule has 3 N–H and O–H groups in total. The van der Waals surface area contributed by atoms with Gasteiger partial charge in [0.2, 0.25) is 0 Å². The van der Waals surface area contributed by atoms with E-state index in [1.807, 2.05) is 24.3 Å². The number of hydrogen-bond donors (Lipinski definition) is 3. The van der Waals surface area contributed by atoms with Gasteiger partial charge in [-0.05, 0) is 71.3 Å². The molecular weight excluding hydrogens is 422 g/mol. The maximum absolute atomic E-state index is 11.5. The summed E-state index contributed by atoms with van der Waals surface area (Å²) in [6.07, 6.45) is 0.990. The molecule has 3 aromatic carbocycles. The van der Waals surface area contributed by atoms with E-state index < -0.39 is 12.1 Å². The molecule has 5 heteroatoms. The van der Waals surface area contributed by atoms with E-state index in [1.165, 1.54) is 5.56 Å². The number of carbonyl (C=O) groups is 1.